The Morgan fingerprint density at radius 3 is 2.50 bits per heavy atom. The van der Waals surface area contributed by atoms with Crippen molar-refractivity contribution >= 4 is 5.97 Å². The number of carbonyl (C=O) groups is 1. The fourth-order valence-corrected chi connectivity index (χ4v) is 3.30. The van der Waals surface area contributed by atoms with Gasteiger partial charge in [0.15, 0.2) is 0 Å². The topological polar surface area (TPSA) is 41.6 Å². The first kappa shape index (κ1) is 13.8. The van der Waals surface area contributed by atoms with Crippen LogP contribution in [0, 0.1) is 5.92 Å². The molecule has 1 heterocycles. The number of hydrogen-bond donors (Lipinski definition) is 1. The van der Waals surface area contributed by atoms with Crippen molar-refractivity contribution in [1.82, 2.24) is 10.2 Å². The second-order valence-electron chi connectivity index (χ2n) is 5.84. The first-order valence-corrected chi connectivity index (χ1v) is 7.21. The van der Waals surface area contributed by atoms with E-state index in [4.69, 9.17) is 4.74 Å². The van der Waals surface area contributed by atoms with E-state index in [1.165, 1.54) is 26.5 Å². The van der Waals surface area contributed by atoms with Gasteiger partial charge < -0.3 is 15.0 Å². The van der Waals surface area contributed by atoms with Crippen molar-refractivity contribution in [2.75, 3.05) is 27.2 Å². The van der Waals surface area contributed by atoms with Crippen LogP contribution in [0.3, 0.4) is 0 Å². The van der Waals surface area contributed by atoms with Crippen molar-refractivity contribution in [1.29, 1.82) is 0 Å². The number of likely N-dealkylation sites (tertiary alicyclic amines) is 1. The van der Waals surface area contributed by atoms with Crippen molar-refractivity contribution in [3.8, 4) is 0 Å². The number of nitrogens with one attached hydrogen (secondary N) is 1. The lowest BCUT2D eigenvalue weighted by atomic mass is 9.85. The van der Waals surface area contributed by atoms with Crippen LogP contribution in [0.2, 0.25) is 0 Å². The minimum atomic E-state index is -0.0224. The average molecular weight is 254 g/mol. The molecule has 4 heteroatoms. The van der Waals surface area contributed by atoms with Gasteiger partial charge in [0.1, 0.15) is 0 Å². The molecule has 2 rings (SSSR count). The maximum absolute atomic E-state index is 11.5. The highest BCUT2D eigenvalue weighted by molar-refractivity contribution is 5.72. The molecule has 0 aromatic carbocycles. The van der Waals surface area contributed by atoms with E-state index in [2.05, 4.69) is 17.3 Å². The smallest absolute Gasteiger partial charge is 0.308 e. The fraction of sp³-hybridized carbons (Fsp3) is 0.929. The molecule has 0 aromatic rings. The highest BCUT2D eigenvalue weighted by atomic mass is 16.5. The number of likely N-dealkylation sites (N-methyl/N-ethyl adjacent to an activating group) is 1. The van der Waals surface area contributed by atoms with E-state index in [1.807, 2.05) is 0 Å². The molecule has 1 N–H and O–H groups in total. The van der Waals surface area contributed by atoms with E-state index in [0.29, 0.717) is 12.1 Å². The lowest BCUT2D eigenvalue weighted by Gasteiger charge is -2.35. The van der Waals surface area contributed by atoms with Crippen LogP contribution in [-0.2, 0) is 9.53 Å². The van der Waals surface area contributed by atoms with Crippen LogP contribution in [0.5, 0.6) is 0 Å². The van der Waals surface area contributed by atoms with Crippen LogP contribution < -0.4 is 5.32 Å². The van der Waals surface area contributed by atoms with E-state index in [1.54, 1.807) is 0 Å². The number of hydrogen-bond acceptors (Lipinski definition) is 4. The van der Waals surface area contributed by atoms with Crippen molar-refractivity contribution < 1.29 is 9.53 Å². The van der Waals surface area contributed by atoms with Gasteiger partial charge in [-0.05, 0) is 52.1 Å². The largest absolute Gasteiger partial charge is 0.469 e. The zero-order chi connectivity index (χ0) is 13.0. The van der Waals surface area contributed by atoms with Crippen molar-refractivity contribution in [2.24, 2.45) is 5.92 Å². The van der Waals surface area contributed by atoms with Crippen LogP contribution in [0.4, 0.5) is 0 Å². The quantitative estimate of drug-likeness (QED) is 0.773. The maximum atomic E-state index is 11.5. The Bertz CT molecular complexity index is 275. The lowest BCUT2D eigenvalue weighted by molar-refractivity contribution is -0.146. The molecule has 0 radical (unpaired) electrons. The van der Waals surface area contributed by atoms with Gasteiger partial charge in [0, 0.05) is 18.6 Å². The second-order valence-corrected chi connectivity index (χ2v) is 5.84. The Kier molecular flexibility index (Phi) is 5.01. The molecule has 1 unspecified atom stereocenters. The van der Waals surface area contributed by atoms with Gasteiger partial charge in [-0.15, -0.1) is 0 Å². The molecule has 1 saturated carbocycles. The predicted octanol–water partition coefficient (Wildman–Crippen LogP) is 1.40. The van der Waals surface area contributed by atoms with Gasteiger partial charge in [0.05, 0.1) is 13.0 Å². The van der Waals surface area contributed by atoms with Crippen LogP contribution in [-0.4, -0.2) is 50.2 Å². The summed E-state index contributed by atoms with van der Waals surface area (Å²) >= 11 is 0. The molecule has 0 bridgehead atoms. The van der Waals surface area contributed by atoms with E-state index < -0.39 is 0 Å². The first-order valence-electron chi connectivity index (χ1n) is 7.21. The second kappa shape index (κ2) is 6.53. The first-order chi connectivity index (χ1) is 8.69. The van der Waals surface area contributed by atoms with Crippen molar-refractivity contribution in [3.63, 3.8) is 0 Å². The summed E-state index contributed by atoms with van der Waals surface area (Å²) in [7, 11) is 3.69. The lowest BCUT2D eigenvalue weighted by Crippen LogP contribution is -2.49. The van der Waals surface area contributed by atoms with Crippen molar-refractivity contribution in [2.45, 2.75) is 50.6 Å². The summed E-state index contributed by atoms with van der Waals surface area (Å²) in [6.45, 7) is 2.39. The van der Waals surface area contributed by atoms with Gasteiger partial charge >= 0.3 is 5.97 Å². The zero-order valence-electron chi connectivity index (χ0n) is 11.7. The SMILES string of the molecule is COC(=O)C1CCC(NC2CCCN(C)C2)CC1. The third-order valence-electron chi connectivity index (χ3n) is 4.36. The third kappa shape index (κ3) is 3.69. The number of rotatable bonds is 3. The highest BCUT2D eigenvalue weighted by Gasteiger charge is 2.28. The van der Waals surface area contributed by atoms with E-state index in [0.717, 1.165) is 32.2 Å². The Labute approximate surface area is 110 Å². The molecule has 1 aliphatic heterocycles. The summed E-state index contributed by atoms with van der Waals surface area (Å²) in [5, 5.41) is 3.77. The number of methoxy groups -OCH3 is 1. The van der Waals surface area contributed by atoms with Gasteiger partial charge in [-0.2, -0.15) is 0 Å². The molecule has 0 aromatic heterocycles. The van der Waals surface area contributed by atoms with Crippen molar-refractivity contribution in [3.05, 3.63) is 0 Å². The summed E-state index contributed by atoms with van der Waals surface area (Å²) in [5.41, 5.74) is 0. The molecular weight excluding hydrogens is 228 g/mol. The van der Waals surface area contributed by atoms with Gasteiger partial charge in [-0.1, -0.05) is 0 Å². The Hall–Kier alpha value is -0.610. The molecule has 4 nitrogen and oxygen atoms in total. The Morgan fingerprint density at radius 2 is 1.89 bits per heavy atom. The monoisotopic (exact) mass is 254 g/mol. The molecule has 2 aliphatic rings. The normalized spacial score (nSPS) is 34.2. The molecule has 1 aliphatic carbocycles. The molecule has 2 fully saturated rings. The molecule has 0 amide bonds. The van der Waals surface area contributed by atoms with E-state index in [9.17, 15) is 4.79 Å². The van der Waals surface area contributed by atoms with E-state index in [-0.39, 0.29) is 11.9 Å². The van der Waals surface area contributed by atoms with Crippen LogP contribution >= 0.6 is 0 Å². The molecule has 18 heavy (non-hydrogen) atoms. The minimum Gasteiger partial charge on any atom is -0.469 e. The number of piperidine rings is 1. The summed E-state index contributed by atoms with van der Waals surface area (Å²) in [4.78, 5) is 13.9. The molecular formula is C14H26N2O2. The zero-order valence-corrected chi connectivity index (χ0v) is 11.7. The number of esters is 1. The standard InChI is InChI=1S/C14H26N2O2/c1-16-9-3-4-13(10-16)15-12-7-5-11(6-8-12)14(17)18-2/h11-13,15H,3-10H2,1-2H3. The maximum Gasteiger partial charge on any atom is 0.308 e. The number of ether oxygens (including phenoxy) is 1. The highest BCUT2D eigenvalue weighted by Crippen LogP contribution is 2.26. The minimum absolute atomic E-state index is 0.0224. The van der Waals surface area contributed by atoms with Gasteiger partial charge in [-0.25, -0.2) is 0 Å². The predicted molar refractivity (Wildman–Crippen MR) is 71.4 cm³/mol. The molecule has 1 atom stereocenters. The Morgan fingerprint density at radius 1 is 1.17 bits per heavy atom. The number of carbonyl (C=O) groups excluding carboxylic acids is 1. The van der Waals surface area contributed by atoms with Gasteiger partial charge in [0.2, 0.25) is 0 Å². The summed E-state index contributed by atoms with van der Waals surface area (Å²) < 4.78 is 4.82. The van der Waals surface area contributed by atoms with Gasteiger partial charge in [0.25, 0.3) is 0 Å². The summed E-state index contributed by atoms with van der Waals surface area (Å²) in [6.07, 6.45) is 6.77. The van der Waals surface area contributed by atoms with Crippen LogP contribution in [0.15, 0.2) is 0 Å². The van der Waals surface area contributed by atoms with Gasteiger partial charge in [-0.3, -0.25) is 4.79 Å². The Balaban J connectivity index is 1.71. The number of nitrogens with zero attached hydrogens (tertiary/aromatic N) is 1. The van der Waals surface area contributed by atoms with Crippen LogP contribution in [0.1, 0.15) is 38.5 Å². The fourth-order valence-electron chi connectivity index (χ4n) is 3.30. The third-order valence-corrected chi connectivity index (χ3v) is 4.36. The summed E-state index contributed by atoms with van der Waals surface area (Å²) in [5.74, 6) is 0.118. The van der Waals surface area contributed by atoms with E-state index >= 15 is 0 Å². The average Bonchev–Trinajstić information content (AvgIpc) is 2.39. The molecule has 104 valence electrons. The summed E-state index contributed by atoms with van der Waals surface area (Å²) in [6, 6.07) is 1.24. The molecule has 1 saturated heterocycles. The van der Waals surface area contributed by atoms with Crippen LogP contribution in [0.25, 0.3) is 0 Å². The molecule has 0 spiro atoms.